The number of fused-ring (bicyclic) bond motifs is 2. The van der Waals surface area contributed by atoms with Gasteiger partial charge in [0.05, 0.1) is 29.5 Å². The Kier molecular flexibility index (Phi) is 9.29. The van der Waals surface area contributed by atoms with Gasteiger partial charge in [-0.25, -0.2) is 9.79 Å². The zero-order valence-electron chi connectivity index (χ0n) is 25.5. The van der Waals surface area contributed by atoms with Crippen molar-refractivity contribution in [2.24, 2.45) is 4.99 Å². The number of ether oxygens (including phenoxy) is 3. The van der Waals surface area contributed by atoms with Crippen molar-refractivity contribution in [1.82, 2.24) is 9.47 Å². The van der Waals surface area contributed by atoms with Crippen LogP contribution >= 0.6 is 11.3 Å². The minimum Gasteiger partial charge on any atom is -0.496 e. The summed E-state index contributed by atoms with van der Waals surface area (Å²) in [7, 11) is 1.57. The molecule has 5 rings (SSSR count). The highest BCUT2D eigenvalue weighted by molar-refractivity contribution is 7.07. The number of allylic oxidation sites excluding steroid dienone is 1. The molecule has 4 aromatic rings. The highest BCUT2D eigenvalue weighted by Crippen LogP contribution is 2.36. The highest BCUT2D eigenvalue weighted by atomic mass is 32.1. The number of para-hydroxylation sites is 1. The lowest BCUT2D eigenvalue weighted by atomic mass is 9.94. The maximum absolute atomic E-state index is 14.4. The molecule has 228 valence electrons. The van der Waals surface area contributed by atoms with E-state index in [0.717, 1.165) is 10.8 Å². The van der Waals surface area contributed by atoms with Gasteiger partial charge in [0.2, 0.25) is 0 Å². The molecule has 1 amide bonds. The van der Waals surface area contributed by atoms with E-state index < -0.39 is 12.0 Å². The fraction of sp³-hybridized carbons (Fsp3) is 0.294. The lowest BCUT2D eigenvalue weighted by Crippen LogP contribution is -2.43. The van der Waals surface area contributed by atoms with Crippen LogP contribution in [0.5, 0.6) is 11.5 Å². The molecule has 0 fully saturated rings. The predicted molar refractivity (Wildman–Crippen MR) is 171 cm³/mol. The molecule has 0 N–H and O–H groups in total. The molecule has 0 radical (unpaired) electrons. The van der Waals surface area contributed by atoms with Gasteiger partial charge in [0.15, 0.2) is 11.4 Å². The van der Waals surface area contributed by atoms with E-state index >= 15 is 0 Å². The van der Waals surface area contributed by atoms with E-state index in [-0.39, 0.29) is 24.7 Å². The molecule has 1 aromatic heterocycles. The average Bonchev–Trinajstić information content (AvgIpc) is 3.34. The van der Waals surface area contributed by atoms with Gasteiger partial charge in [0.1, 0.15) is 17.5 Å². The zero-order valence-corrected chi connectivity index (χ0v) is 26.3. The number of aromatic nitrogens is 1. The van der Waals surface area contributed by atoms with Crippen LogP contribution in [0.3, 0.4) is 0 Å². The van der Waals surface area contributed by atoms with Crippen LogP contribution in [0.15, 0.2) is 81.7 Å². The molecule has 0 saturated carbocycles. The van der Waals surface area contributed by atoms with E-state index in [0.29, 0.717) is 56.3 Å². The van der Waals surface area contributed by atoms with E-state index in [4.69, 9.17) is 19.2 Å². The topological polar surface area (TPSA) is 99.4 Å². The van der Waals surface area contributed by atoms with Crippen molar-refractivity contribution in [3.05, 3.63) is 103 Å². The number of thiazole rings is 1. The van der Waals surface area contributed by atoms with E-state index in [1.54, 1.807) is 35.6 Å². The quantitative estimate of drug-likeness (QED) is 0.249. The molecule has 0 saturated heterocycles. The Balaban J connectivity index is 1.74. The van der Waals surface area contributed by atoms with Crippen LogP contribution in [0.4, 0.5) is 0 Å². The largest absolute Gasteiger partial charge is 0.496 e. The van der Waals surface area contributed by atoms with Crippen LogP contribution < -0.4 is 24.4 Å². The van der Waals surface area contributed by atoms with Crippen molar-refractivity contribution in [3.8, 4) is 11.5 Å². The van der Waals surface area contributed by atoms with Gasteiger partial charge in [0, 0.05) is 24.2 Å². The van der Waals surface area contributed by atoms with Crippen LogP contribution in [0.1, 0.15) is 44.9 Å². The molecule has 1 atom stereocenters. The minimum atomic E-state index is -0.746. The van der Waals surface area contributed by atoms with Crippen LogP contribution in [-0.4, -0.2) is 54.8 Å². The summed E-state index contributed by atoms with van der Waals surface area (Å²) >= 11 is 1.24. The predicted octanol–water partition coefficient (Wildman–Crippen LogP) is 4.21. The fourth-order valence-electron chi connectivity index (χ4n) is 5.48. The molecule has 0 unspecified atom stereocenters. The van der Waals surface area contributed by atoms with Crippen molar-refractivity contribution in [1.29, 1.82) is 0 Å². The van der Waals surface area contributed by atoms with Crippen molar-refractivity contribution >= 4 is 40.1 Å². The highest BCUT2D eigenvalue weighted by Gasteiger charge is 2.35. The summed E-state index contributed by atoms with van der Waals surface area (Å²) in [5, 5.41) is 1.81. The molecule has 1 aliphatic rings. The first-order valence-electron chi connectivity index (χ1n) is 14.6. The molecule has 2 heterocycles. The number of methoxy groups -OCH3 is 1. The fourth-order valence-corrected chi connectivity index (χ4v) is 6.51. The summed E-state index contributed by atoms with van der Waals surface area (Å²) in [4.78, 5) is 47.4. The molecule has 1 aliphatic heterocycles. The Labute approximate surface area is 259 Å². The molecule has 10 heteroatoms. The van der Waals surface area contributed by atoms with Crippen molar-refractivity contribution in [3.63, 3.8) is 0 Å². The number of amides is 1. The lowest BCUT2D eigenvalue weighted by Gasteiger charge is -2.29. The van der Waals surface area contributed by atoms with Crippen LogP contribution in [0.25, 0.3) is 16.8 Å². The van der Waals surface area contributed by atoms with E-state index in [2.05, 4.69) is 0 Å². The van der Waals surface area contributed by atoms with E-state index in [9.17, 15) is 14.4 Å². The van der Waals surface area contributed by atoms with Crippen LogP contribution in [0.2, 0.25) is 0 Å². The van der Waals surface area contributed by atoms with Gasteiger partial charge < -0.3 is 19.1 Å². The Morgan fingerprint density at radius 2 is 1.73 bits per heavy atom. The molecular weight excluding hydrogens is 578 g/mol. The number of carbonyl (C=O) groups excluding carboxylic acids is 2. The second kappa shape index (κ2) is 13.3. The number of rotatable bonds is 10. The van der Waals surface area contributed by atoms with Gasteiger partial charge in [-0.15, -0.1) is 0 Å². The molecule has 3 aromatic carbocycles. The SMILES string of the molecule is CCOC(=O)COc1ccc2ccccc2c1/C=c1/sc2n(c1=O)[C@@H](c1ccccc1OC)C(C(=O)N(CC)CC)=C(C)N=2. The van der Waals surface area contributed by atoms with Gasteiger partial charge in [-0.05, 0) is 56.7 Å². The standard InChI is InChI=1S/C34H35N3O6S/c1-6-36(7-2)33(40)30-21(4)35-34-37(31(30)24-15-11-12-16-26(24)41-5)32(39)28(44-34)19-25-23-14-10-9-13-22(23)17-18-27(25)43-20-29(38)42-8-3/h9-19,31H,6-8,20H2,1-5H3/b28-19+/t31-/m0/s1. The van der Waals surface area contributed by atoms with Gasteiger partial charge in [0.25, 0.3) is 11.5 Å². The monoisotopic (exact) mass is 613 g/mol. The first-order valence-corrected chi connectivity index (χ1v) is 15.4. The number of hydrogen-bond acceptors (Lipinski definition) is 8. The van der Waals surface area contributed by atoms with Gasteiger partial charge in [-0.1, -0.05) is 59.9 Å². The molecular formula is C34H35N3O6S. The Hall–Kier alpha value is -4.70. The third kappa shape index (κ3) is 5.77. The third-order valence-corrected chi connectivity index (χ3v) is 8.58. The second-order valence-electron chi connectivity index (χ2n) is 10.1. The molecule has 0 aliphatic carbocycles. The number of nitrogens with zero attached hydrogens (tertiary/aromatic N) is 3. The normalized spacial score (nSPS) is 14.7. The lowest BCUT2D eigenvalue weighted by molar-refractivity contribution is -0.145. The smallest absolute Gasteiger partial charge is 0.344 e. The Morgan fingerprint density at radius 3 is 2.45 bits per heavy atom. The van der Waals surface area contributed by atoms with Gasteiger partial charge >= 0.3 is 5.97 Å². The molecule has 0 bridgehead atoms. The Morgan fingerprint density at radius 1 is 1.00 bits per heavy atom. The van der Waals surface area contributed by atoms with Crippen molar-refractivity contribution in [2.45, 2.75) is 33.7 Å². The maximum atomic E-state index is 14.4. The first-order chi connectivity index (χ1) is 21.3. The number of hydrogen-bond donors (Lipinski definition) is 0. The Bertz CT molecular complexity index is 1940. The van der Waals surface area contributed by atoms with Crippen molar-refractivity contribution < 1.29 is 23.8 Å². The molecule has 0 spiro atoms. The maximum Gasteiger partial charge on any atom is 0.344 e. The summed E-state index contributed by atoms with van der Waals surface area (Å²) < 4.78 is 18.6. The summed E-state index contributed by atoms with van der Waals surface area (Å²) in [6.07, 6.45) is 1.77. The second-order valence-corrected chi connectivity index (χ2v) is 11.1. The van der Waals surface area contributed by atoms with Crippen molar-refractivity contribution in [2.75, 3.05) is 33.4 Å². The molecule has 9 nitrogen and oxygen atoms in total. The summed E-state index contributed by atoms with van der Waals surface area (Å²) in [5.74, 6) is 0.349. The number of esters is 1. The average molecular weight is 614 g/mol. The summed E-state index contributed by atoms with van der Waals surface area (Å²) in [6, 6.07) is 18.1. The number of benzene rings is 3. The summed E-state index contributed by atoms with van der Waals surface area (Å²) in [5.41, 5.74) is 2.03. The van der Waals surface area contributed by atoms with E-state index in [1.165, 1.54) is 11.3 Å². The first kappa shape index (κ1) is 30.7. The van der Waals surface area contributed by atoms with Crippen LogP contribution in [-0.2, 0) is 14.3 Å². The zero-order chi connectivity index (χ0) is 31.4. The molecule has 44 heavy (non-hydrogen) atoms. The number of carbonyl (C=O) groups is 2. The van der Waals surface area contributed by atoms with Crippen LogP contribution in [0, 0.1) is 0 Å². The van der Waals surface area contributed by atoms with Gasteiger partial charge in [-0.2, -0.15) is 0 Å². The number of likely N-dealkylation sites (N-methyl/N-ethyl adjacent to an activating group) is 1. The summed E-state index contributed by atoms with van der Waals surface area (Å²) in [6.45, 7) is 8.42. The van der Waals surface area contributed by atoms with E-state index in [1.807, 2.05) is 75.4 Å². The third-order valence-electron chi connectivity index (χ3n) is 7.59. The van der Waals surface area contributed by atoms with Gasteiger partial charge in [-0.3, -0.25) is 14.2 Å². The minimum absolute atomic E-state index is 0.176.